The second-order valence-electron chi connectivity index (χ2n) is 5.37. The van der Waals surface area contributed by atoms with Crippen LogP contribution in [0.4, 0.5) is 0 Å². The fourth-order valence-electron chi connectivity index (χ4n) is 2.53. The maximum atomic E-state index is 11.7. The Morgan fingerprint density at radius 3 is 2.65 bits per heavy atom. The van der Waals surface area contributed by atoms with Crippen molar-refractivity contribution in [3.8, 4) is 5.75 Å². The molecule has 0 saturated heterocycles. The molecule has 1 heterocycles. The van der Waals surface area contributed by atoms with Gasteiger partial charge in [-0.05, 0) is 36.1 Å². The SMILES string of the molecule is O=C(COc1ccccc1)NCCCn1ccc2ccccc21. The molecule has 1 amide bonds. The molecule has 0 unspecified atom stereocenters. The Bertz CT molecular complexity index is 765. The highest BCUT2D eigenvalue weighted by atomic mass is 16.5. The number of para-hydroxylation sites is 2. The molecule has 0 atom stereocenters. The number of fused-ring (bicyclic) bond motifs is 1. The summed E-state index contributed by atoms with van der Waals surface area (Å²) in [4.78, 5) is 11.7. The summed E-state index contributed by atoms with van der Waals surface area (Å²) in [5.41, 5.74) is 1.23. The lowest BCUT2D eigenvalue weighted by Gasteiger charge is -2.08. The lowest BCUT2D eigenvalue weighted by molar-refractivity contribution is -0.123. The second kappa shape index (κ2) is 7.49. The van der Waals surface area contributed by atoms with Crippen LogP contribution in [0.5, 0.6) is 5.75 Å². The first kappa shape index (κ1) is 15.2. The van der Waals surface area contributed by atoms with Gasteiger partial charge in [-0.15, -0.1) is 0 Å². The number of hydrogen-bond acceptors (Lipinski definition) is 2. The summed E-state index contributed by atoms with van der Waals surface area (Å²) in [7, 11) is 0. The summed E-state index contributed by atoms with van der Waals surface area (Å²) in [5, 5.41) is 4.13. The highest BCUT2D eigenvalue weighted by molar-refractivity contribution is 5.80. The number of nitrogens with zero attached hydrogens (tertiary/aromatic N) is 1. The van der Waals surface area contributed by atoms with E-state index < -0.39 is 0 Å². The normalized spacial score (nSPS) is 10.6. The highest BCUT2D eigenvalue weighted by Gasteiger charge is 2.03. The Labute approximate surface area is 135 Å². The zero-order chi connectivity index (χ0) is 15.9. The summed E-state index contributed by atoms with van der Waals surface area (Å²) in [6.07, 6.45) is 2.97. The quantitative estimate of drug-likeness (QED) is 0.681. The van der Waals surface area contributed by atoms with Crippen LogP contribution in [0.1, 0.15) is 6.42 Å². The molecule has 4 heteroatoms. The van der Waals surface area contributed by atoms with E-state index in [0.29, 0.717) is 12.3 Å². The van der Waals surface area contributed by atoms with E-state index >= 15 is 0 Å². The van der Waals surface area contributed by atoms with E-state index in [-0.39, 0.29) is 12.5 Å². The predicted molar refractivity (Wildman–Crippen MR) is 91.5 cm³/mol. The molecule has 0 aliphatic heterocycles. The molecule has 0 aliphatic rings. The molecule has 0 fully saturated rings. The van der Waals surface area contributed by atoms with Gasteiger partial charge in [-0.2, -0.15) is 0 Å². The van der Waals surface area contributed by atoms with Crippen LogP contribution in [-0.2, 0) is 11.3 Å². The van der Waals surface area contributed by atoms with Gasteiger partial charge in [0, 0.05) is 24.8 Å². The third-order valence-corrected chi connectivity index (χ3v) is 3.69. The number of ether oxygens (including phenoxy) is 1. The average Bonchev–Trinajstić information content (AvgIpc) is 3.01. The van der Waals surface area contributed by atoms with Gasteiger partial charge in [-0.3, -0.25) is 4.79 Å². The number of benzene rings is 2. The molecule has 118 valence electrons. The fraction of sp³-hybridized carbons (Fsp3) is 0.211. The minimum Gasteiger partial charge on any atom is -0.484 e. The van der Waals surface area contributed by atoms with Crippen LogP contribution in [0.2, 0.25) is 0 Å². The molecule has 0 spiro atoms. The molecule has 3 rings (SSSR count). The summed E-state index contributed by atoms with van der Waals surface area (Å²) in [6.45, 7) is 1.58. The van der Waals surface area contributed by atoms with Crippen molar-refractivity contribution in [3.63, 3.8) is 0 Å². The predicted octanol–water partition coefficient (Wildman–Crippen LogP) is 3.23. The van der Waals surface area contributed by atoms with Gasteiger partial charge >= 0.3 is 0 Å². The summed E-state index contributed by atoms with van der Waals surface area (Å²) < 4.78 is 7.62. The Hall–Kier alpha value is -2.75. The third kappa shape index (κ3) is 4.13. The van der Waals surface area contributed by atoms with Crippen molar-refractivity contribution >= 4 is 16.8 Å². The standard InChI is InChI=1S/C19H20N2O2/c22-19(15-23-17-8-2-1-3-9-17)20-12-6-13-21-14-11-16-7-4-5-10-18(16)21/h1-5,7-11,14H,6,12-13,15H2,(H,20,22). The topological polar surface area (TPSA) is 43.3 Å². The first-order valence-electron chi connectivity index (χ1n) is 7.81. The minimum absolute atomic E-state index is 0.0520. The van der Waals surface area contributed by atoms with E-state index in [1.165, 1.54) is 10.9 Å². The van der Waals surface area contributed by atoms with Crippen LogP contribution >= 0.6 is 0 Å². The van der Waals surface area contributed by atoms with Crippen molar-refractivity contribution in [2.24, 2.45) is 0 Å². The van der Waals surface area contributed by atoms with Crippen LogP contribution in [-0.4, -0.2) is 23.6 Å². The maximum absolute atomic E-state index is 11.7. The monoisotopic (exact) mass is 308 g/mol. The molecular formula is C19H20N2O2. The van der Waals surface area contributed by atoms with Crippen molar-refractivity contribution in [1.29, 1.82) is 0 Å². The number of hydrogen-bond donors (Lipinski definition) is 1. The van der Waals surface area contributed by atoms with E-state index in [9.17, 15) is 4.79 Å². The Morgan fingerprint density at radius 1 is 1.00 bits per heavy atom. The van der Waals surface area contributed by atoms with Crippen molar-refractivity contribution < 1.29 is 9.53 Å². The smallest absolute Gasteiger partial charge is 0.257 e. The number of nitrogens with one attached hydrogen (secondary N) is 1. The van der Waals surface area contributed by atoms with Gasteiger partial charge in [0.15, 0.2) is 6.61 Å². The van der Waals surface area contributed by atoms with Gasteiger partial charge in [-0.1, -0.05) is 36.4 Å². The molecule has 1 aromatic heterocycles. The highest BCUT2D eigenvalue weighted by Crippen LogP contribution is 2.15. The first-order chi connectivity index (χ1) is 11.3. The molecule has 0 radical (unpaired) electrons. The average molecular weight is 308 g/mol. The number of rotatable bonds is 7. The van der Waals surface area contributed by atoms with E-state index in [4.69, 9.17) is 4.74 Å². The summed E-state index contributed by atoms with van der Waals surface area (Å²) in [5.74, 6) is 0.618. The molecule has 0 saturated carbocycles. The van der Waals surface area contributed by atoms with E-state index in [0.717, 1.165) is 13.0 Å². The van der Waals surface area contributed by atoms with Crippen molar-refractivity contribution in [2.45, 2.75) is 13.0 Å². The molecule has 0 bridgehead atoms. The fourth-order valence-corrected chi connectivity index (χ4v) is 2.53. The van der Waals surface area contributed by atoms with E-state index in [1.807, 2.05) is 42.5 Å². The van der Waals surface area contributed by atoms with Crippen LogP contribution in [0, 0.1) is 0 Å². The largest absolute Gasteiger partial charge is 0.484 e. The van der Waals surface area contributed by atoms with E-state index in [1.54, 1.807) is 0 Å². The van der Waals surface area contributed by atoms with Crippen LogP contribution in [0.25, 0.3) is 10.9 Å². The number of carbonyl (C=O) groups excluding carboxylic acids is 1. The molecule has 1 N–H and O–H groups in total. The van der Waals surface area contributed by atoms with Gasteiger partial charge in [-0.25, -0.2) is 0 Å². The van der Waals surface area contributed by atoms with Gasteiger partial charge in [0.05, 0.1) is 0 Å². The van der Waals surface area contributed by atoms with Gasteiger partial charge in [0.1, 0.15) is 5.75 Å². The van der Waals surface area contributed by atoms with Crippen molar-refractivity contribution in [1.82, 2.24) is 9.88 Å². The Balaban J connectivity index is 1.39. The molecular weight excluding hydrogens is 288 g/mol. The van der Waals surface area contributed by atoms with Gasteiger partial charge in [0.2, 0.25) is 0 Å². The Morgan fingerprint density at radius 2 is 1.78 bits per heavy atom. The lowest BCUT2D eigenvalue weighted by Crippen LogP contribution is -2.30. The Kier molecular flexibility index (Phi) is 4.94. The lowest BCUT2D eigenvalue weighted by atomic mass is 10.2. The molecule has 0 aliphatic carbocycles. The maximum Gasteiger partial charge on any atom is 0.257 e. The van der Waals surface area contributed by atoms with Crippen LogP contribution in [0.3, 0.4) is 0 Å². The molecule has 4 nitrogen and oxygen atoms in total. The molecule has 3 aromatic rings. The number of aromatic nitrogens is 1. The zero-order valence-corrected chi connectivity index (χ0v) is 12.9. The number of aryl methyl sites for hydroxylation is 1. The summed E-state index contributed by atoms with van der Waals surface area (Å²) >= 11 is 0. The first-order valence-corrected chi connectivity index (χ1v) is 7.81. The molecule has 23 heavy (non-hydrogen) atoms. The molecule has 2 aromatic carbocycles. The van der Waals surface area contributed by atoms with Gasteiger partial charge < -0.3 is 14.6 Å². The summed E-state index contributed by atoms with van der Waals surface area (Å²) in [6, 6.07) is 19.8. The van der Waals surface area contributed by atoms with Crippen LogP contribution < -0.4 is 10.1 Å². The van der Waals surface area contributed by atoms with Crippen LogP contribution in [0.15, 0.2) is 66.9 Å². The number of amides is 1. The van der Waals surface area contributed by atoms with Gasteiger partial charge in [0.25, 0.3) is 5.91 Å². The third-order valence-electron chi connectivity index (χ3n) is 3.69. The second-order valence-corrected chi connectivity index (χ2v) is 5.37. The van der Waals surface area contributed by atoms with Crippen molar-refractivity contribution in [3.05, 3.63) is 66.9 Å². The number of carbonyl (C=O) groups is 1. The zero-order valence-electron chi connectivity index (χ0n) is 12.9. The minimum atomic E-state index is -0.0915. The van der Waals surface area contributed by atoms with E-state index in [2.05, 4.69) is 34.3 Å². The van der Waals surface area contributed by atoms with Crippen molar-refractivity contribution in [2.75, 3.05) is 13.2 Å².